The van der Waals surface area contributed by atoms with Crippen molar-refractivity contribution in [2.24, 2.45) is 11.5 Å². The number of ether oxygens (including phenoxy) is 2. The van der Waals surface area contributed by atoms with Gasteiger partial charge in [0.2, 0.25) is 65.0 Å². The van der Waals surface area contributed by atoms with Gasteiger partial charge in [-0.25, -0.2) is 9.59 Å². The smallest absolute Gasteiger partial charge is 0.407 e. The van der Waals surface area contributed by atoms with Gasteiger partial charge in [0.1, 0.15) is 59.5 Å². The Morgan fingerprint density at radius 2 is 1.10 bits per heavy atom. The zero-order valence-corrected chi connectivity index (χ0v) is 41.8. The van der Waals surface area contributed by atoms with Crippen molar-refractivity contribution in [3.63, 3.8) is 0 Å². The molecule has 0 spiro atoms. The quantitative estimate of drug-likeness (QED) is 0.0245. The van der Waals surface area contributed by atoms with Crippen molar-refractivity contribution in [1.29, 1.82) is 0 Å². The number of hydrogen-bond acceptors (Lipinski definition) is 17. The first kappa shape index (κ1) is 62.8. The minimum absolute atomic E-state index is 0.0926. The van der Waals surface area contributed by atoms with Gasteiger partial charge in [-0.3, -0.25) is 52.7 Å². The van der Waals surface area contributed by atoms with Gasteiger partial charge in [-0.15, -0.1) is 0 Å². The highest BCUT2D eigenvalue weighted by Crippen LogP contribution is 2.11. The SMILES string of the molecule is C[C@H](NC(=O)[C@@H]1CCC(=O)N1)C(=O)N[C@@H](CCCCNC(=O)OC(C)(C)C)C(=O)N[C@@H](CO)C(=O)N[C@@H](CCC(N)=O)C(=O)NCC(=O)N[C@H](C)C(=O)N[C@@H](CO)C(=O)N[C@@H](CC(N)=O)C(=O)OC(C)(C)C. The molecule has 1 saturated heterocycles. The Bertz CT molecular complexity index is 1990. The van der Waals surface area contributed by atoms with E-state index in [2.05, 4.69) is 53.2 Å². The highest BCUT2D eigenvalue weighted by molar-refractivity contribution is 5.98. The molecule has 0 radical (unpaired) electrons. The van der Waals surface area contributed by atoms with Gasteiger partial charge in [0, 0.05) is 19.4 Å². The fraction of sp³-hybridized carbons (Fsp3) is 0.698. The number of aliphatic hydroxyl groups is 2. The summed E-state index contributed by atoms with van der Waals surface area (Å²) in [7, 11) is 0. The Morgan fingerprint density at radius 3 is 1.60 bits per heavy atom. The van der Waals surface area contributed by atoms with E-state index in [1.807, 2.05) is 0 Å². The number of unbranched alkanes of at least 4 members (excludes halogenated alkanes) is 1. The molecule has 0 aromatic heterocycles. The fourth-order valence-electron chi connectivity index (χ4n) is 6.21. The largest absolute Gasteiger partial charge is 0.458 e. The molecule has 1 rings (SSSR count). The summed E-state index contributed by atoms with van der Waals surface area (Å²) in [6, 6.07) is -11.6. The zero-order valence-electron chi connectivity index (χ0n) is 41.8. The molecule has 0 unspecified atom stereocenters. The van der Waals surface area contributed by atoms with Crippen molar-refractivity contribution >= 4 is 77.0 Å². The maximum Gasteiger partial charge on any atom is 0.407 e. The molecule has 16 N–H and O–H groups in total. The molecular weight excluding hydrogens is 957 g/mol. The number of nitrogens with one attached hydrogen (secondary N) is 10. The lowest BCUT2D eigenvalue weighted by molar-refractivity contribution is -0.159. The lowest BCUT2D eigenvalue weighted by Gasteiger charge is -2.26. The van der Waals surface area contributed by atoms with Crippen LogP contribution in [0.3, 0.4) is 0 Å². The monoisotopic (exact) mass is 1030 g/mol. The van der Waals surface area contributed by atoms with Gasteiger partial charge in [-0.2, -0.15) is 0 Å². The lowest BCUT2D eigenvalue weighted by atomic mass is 10.1. The van der Waals surface area contributed by atoms with Crippen LogP contribution >= 0.6 is 0 Å². The van der Waals surface area contributed by atoms with Gasteiger partial charge < -0.3 is 84.3 Å². The van der Waals surface area contributed by atoms with Crippen LogP contribution in [0.1, 0.15) is 107 Å². The molecule has 12 amide bonds. The van der Waals surface area contributed by atoms with Crippen LogP contribution in [0.5, 0.6) is 0 Å². The van der Waals surface area contributed by atoms with Crippen LogP contribution < -0.4 is 64.6 Å². The van der Waals surface area contributed by atoms with Gasteiger partial charge in [-0.05, 0) is 87.5 Å². The van der Waals surface area contributed by atoms with Crippen LogP contribution in [0.2, 0.25) is 0 Å². The van der Waals surface area contributed by atoms with E-state index in [9.17, 15) is 72.5 Å². The second-order valence-electron chi connectivity index (χ2n) is 18.7. The van der Waals surface area contributed by atoms with Gasteiger partial charge in [-0.1, -0.05) is 0 Å². The highest BCUT2D eigenvalue weighted by Gasteiger charge is 2.34. The van der Waals surface area contributed by atoms with Crippen LogP contribution in [0, 0.1) is 0 Å². The molecule has 0 aromatic carbocycles. The van der Waals surface area contributed by atoms with Crippen LogP contribution in [0.25, 0.3) is 0 Å². The lowest BCUT2D eigenvalue weighted by Crippen LogP contribution is -2.59. The fourth-order valence-corrected chi connectivity index (χ4v) is 6.21. The molecule has 29 heteroatoms. The van der Waals surface area contributed by atoms with Crippen LogP contribution in [-0.4, -0.2) is 173 Å². The standard InChI is InChI=1S/C43H72N12O17/c1-21(33(62)54-27(19-56)39(68)53-26(17-30(45)59)40(69)71-42(3,4)5)48-32(61)18-47-35(64)24(12-14-29(44)58)52-38(67)28(20-57)55-37(66)23(11-9-10-16-46-41(70)72-43(6,7)8)51-34(63)22(2)49-36(65)25-13-15-31(60)50-25/h21-28,56-57H,9-20H2,1-8H3,(H2,44,58)(H2,45,59)(H,46,70)(H,47,64)(H,48,61)(H,49,65)(H,50,60)(H,51,63)(H,52,67)(H,53,68)(H,54,62)(H,55,66)/t21-,22+,23+,24+,25+,26+,27+,28+/m1/s1. The number of nitrogens with two attached hydrogens (primary N) is 2. The Balaban J connectivity index is 3.04. The summed E-state index contributed by atoms with van der Waals surface area (Å²) in [5.74, 6) is -11.1. The normalized spacial score (nSPS) is 16.2. The molecule has 406 valence electrons. The predicted molar refractivity (Wildman–Crippen MR) is 249 cm³/mol. The number of carbonyl (C=O) groups excluding carboxylic acids is 13. The molecule has 0 bridgehead atoms. The van der Waals surface area contributed by atoms with E-state index in [1.54, 1.807) is 20.8 Å². The van der Waals surface area contributed by atoms with Gasteiger partial charge in [0.25, 0.3) is 0 Å². The van der Waals surface area contributed by atoms with Crippen molar-refractivity contribution in [3.8, 4) is 0 Å². The number of alkyl carbamates (subject to hydrolysis) is 1. The molecule has 1 aliphatic heterocycles. The van der Waals surface area contributed by atoms with Crippen LogP contribution in [-0.2, 0) is 67.0 Å². The zero-order chi connectivity index (χ0) is 55.1. The summed E-state index contributed by atoms with van der Waals surface area (Å²) in [5.41, 5.74) is 8.68. The Hall–Kier alpha value is -7.17. The van der Waals surface area contributed by atoms with Gasteiger partial charge in [0.15, 0.2) is 0 Å². The number of amides is 12. The Kier molecular flexibility index (Phi) is 26.1. The maximum absolute atomic E-state index is 13.7. The highest BCUT2D eigenvalue weighted by atomic mass is 16.6. The molecule has 0 aliphatic carbocycles. The van der Waals surface area contributed by atoms with Gasteiger partial charge >= 0.3 is 12.1 Å². The Labute approximate surface area is 415 Å². The molecule has 29 nitrogen and oxygen atoms in total. The summed E-state index contributed by atoms with van der Waals surface area (Å²) < 4.78 is 10.4. The van der Waals surface area contributed by atoms with E-state index in [-0.39, 0.29) is 44.6 Å². The van der Waals surface area contributed by atoms with E-state index in [0.717, 1.165) is 0 Å². The Morgan fingerprint density at radius 1 is 0.611 bits per heavy atom. The second-order valence-corrected chi connectivity index (χ2v) is 18.7. The first-order chi connectivity index (χ1) is 33.4. The molecule has 1 heterocycles. The van der Waals surface area contributed by atoms with E-state index in [1.165, 1.54) is 34.6 Å². The van der Waals surface area contributed by atoms with Gasteiger partial charge in [0.05, 0.1) is 26.2 Å². The number of esters is 1. The molecular formula is C43H72N12O17. The molecule has 0 saturated carbocycles. The third-order valence-electron chi connectivity index (χ3n) is 9.84. The molecule has 1 fully saturated rings. The minimum Gasteiger partial charge on any atom is -0.458 e. The van der Waals surface area contributed by atoms with Crippen LogP contribution in [0.4, 0.5) is 4.79 Å². The maximum atomic E-state index is 13.7. The average molecular weight is 1030 g/mol. The predicted octanol–water partition coefficient (Wildman–Crippen LogP) is -6.02. The second kappa shape index (κ2) is 29.9. The first-order valence-corrected chi connectivity index (χ1v) is 23.0. The summed E-state index contributed by atoms with van der Waals surface area (Å²) in [6.45, 7) is 9.34. The number of primary amides is 2. The summed E-state index contributed by atoms with van der Waals surface area (Å²) in [4.78, 5) is 164. The molecule has 0 aromatic rings. The number of aliphatic hydroxyl groups excluding tert-OH is 2. The van der Waals surface area contributed by atoms with Crippen molar-refractivity contribution in [1.82, 2.24) is 53.2 Å². The number of hydrogen-bond donors (Lipinski definition) is 14. The van der Waals surface area contributed by atoms with Crippen molar-refractivity contribution in [2.75, 3.05) is 26.3 Å². The van der Waals surface area contributed by atoms with Crippen LogP contribution in [0.15, 0.2) is 0 Å². The molecule has 1 aliphatic rings. The molecule has 72 heavy (non-hydrogen) atoms. The van der Waals surface area contributed by atoms with Crippen molar-refractivity contribution in [2.45, 2.75) is 166 Å². The number of rotatable bonds is 29. The summed E-state index contributed by atoms with van der Waals surface area (Å²) in [5, 5.41) is 43.3. The van der Waals surface area contributed by atoms with Crippen molar-refractivity contribution in [3.05, 3.63) is 0 Å². The third kappa shape index (κ3) is 25.1. The van der Waals surface area contributed by atoms with E-state index in [4.69, 9.17) is 20.9 Å². The van der Waals surface area contributed by atoms with E-state index < -0.39 is 170 Å². The summed E-state index contributed by atoms with van der Waals surface area (Å²) in [6.07, 6.45) is -1.58. The minimum atomic E-state index is -1.78. The van der Waals surface area contributed by atoms with Crippen molar-refractivity contribution < 1.29 is 82.0 Å². The number of carbonyl (C=O) groups is 13. The topological polar surface area (TPSA) is 453 Å². The average Bonchev–Trinajstić information content (AvgIpc) is 3.71. The van der Waals surface area contributed by atoms with E-state index >= 15 is 0 Å². The summed E-state index contributed by atoms with van der Waals surface area (Å²) >= 11 is 0. The molecule has 8 atom stereocenters. The van der Waals surface area contributed by atoms with E-state index in [0.29, 0.717) is 0 Å². The first-order valence-electron chi connectivity index (χ1n) is 23.0. The third-order valence-corrected chi connectivity index (χ3v) is 9.84.